The first kappa shape index (κ1) is 18.1. The smallest absolute Gasteiger partial charge is 0.259 e. The number of nitrogens with one attached hydrogen (secondary N) is 1. The van der Waals surface area contributed by atoms with E-state index in [1.807, 2.05) is 0 Å². The van der Waals surface area contributed by atoms with E-state index in [4.69, 9.17) is 13.9 Å². The normalized spacial score (nSPS) is 14.8. The number of anilines is 1. The molecular weight excluding hydrogens is 364 g/mol. The second-order valence-corrected chi connectivity index (χ2v) is 6.28. The van der Waals surface area contributed by atoms with Crippen molar-refractivity contribution in [3.05, 3.63) is 48.2 Å². The molecule has 0 bridgehead atoms. The van der Waals surface area contributed by atoms with Crippen LogP contribution in [0.5, 0.6) is 5.75 Å². The van der Waals surface area contributed by atoms with Gasteiger partial charge in [0, 0.05) is 19.2 Å². The Labute approximate surface area is 161 Å². The van der Waals surface area contributed by atoms with Gasteiger partial charge in [0.05, 0.1) is 43.8 Å². The number of ether oxygens (including phenoxy) is 2. The molecule has 1 fully saturated rings. The summed E-state index contributed by atoms with van der Waals surface area (Å²) >= 11 is 0. The lowest BCUT2D eigenvalue weighted by Gasteiger charge is -2.25. The zero-order chi connectivity index (χ0) is 19.3. The second-order valence-electron chi connectivity index (χ2n) is 6.28. The Hall–Kier alpha value is -3.24. The summed E-state index contributed by atoms with van der Waals surface area (Å²) in [4.78, 5) is 14.8. The molecule has 3 aromatic rings. The van der Waals surface area contributed by atoms with E-state index in [1.165, 1.54) is 24.4 Å². The average Bonchev–Trinajstić information content (AvgIpc) is 3.41. The summed E-state index contributed by atoms with van der Waals surface area (Å²) in [6.45, 7) is 3.80. The highest BCUT2D eigenvalue weighted by Gasteiger charge is 2.17. The predicted octanol–water partition coefficient (Wildman–Crippen LogP) is 1.35. The van der Waals surface area contributed by atoms with E-state index in [0.717, 1.165) is 24.5 Å². The second kappa shape index (κ2) is 8.19. The molecule has 1 amide bonds. The lowest BCUT2D eigenvalue weighted by Crippen LogP contribution is -2.35. The number of hydrogen-bond acceptors (Lipinski definition) is 8. The van der Waals surface area contributed by atoms with Crippen molar-refractivity contribution in [3.8, 4) is 11.4 Å². The van der Waals surface area contributed by atoms with Crippen molar-refractivity contribution in [3.63, 3.8) is 0 Å². The summed E-state index contributed by atoms with van der Waals surface area (Å²) < 4.78 is 17.8. The monoisotopic (exact) mass is 384 g/mol. The third kappa shape index (κ3) is 4.02. The number of tetrazole rings is 1. The molecule has 1 aliphatic heterocycles. The number of methoxy groups -OCH3 is 1. The Bertz CT molecular complexity index is 933. The summed E-state index contributed by atoms with van der Waals surface area (Å²) in [7, 11) is 1.53. The molecule has 3 heterocycles. The molecule has 10 heteroatoms. The van der Waals surface area contributed by atoms with Crippen LogP contribution in [0.2, 0.25) is 0 Å². The van der Waals surface area contributed by atoms with Gasteiger partial charge in [0.25, 0.3) is 5.91 Å². The molecule has 28 heavy (non-hydrogen) atoms. The highest BCUT2D eigenvalue weighted by atomic mass is 16.5. The maximum atomic E-state index is 12.6. The number of furan rings is 1. The van der Waals surface area contributed by atoms with Gasteiger partial charge in [-0.15, -0.1) is 5.10 Å². The first-order valence-electron chi connectivity index (χ1n) is 8.83. The van der Waals surface area contributed by atoms with Crippen LogP contribution in [0.1, 0.15) is 16.1 Å². The van der Waals surface area contributed by atoms with Gasteiger partial charge >= 0.3 is 0 Å². The van der Waals surface area contributed by atoms with Crippen molar-refractivity contribution in [1.29, 1.82) is 0 Å². The lowest BCUT2D eigenvalue weighted by atomic mass is 10.2. The summed E-state index contributed by atoms with van der Waals surface area (Å²) in [6, 6.07) is 7.02. The van der Waals surface area contributed by atoms with Gasteiger partial charge in [-0.05, 0) is 28.6 Å². The van der Waals surface area contributed by atoms with Gasteiger partial charge in [0.1, 0.15) is 24.1 Å². The fourth-order valence-electron chi connectivity index (χ4n) is 2.96. The van der Waals surface area contributed by atoms with Gasteiger partial charge in [-0.3, -0.25) is 9.69 Å². The summed E-state index contributed by atoms with van der Waals surface area (Å²) in [5, 5.41) is 13.9. The minimum Gasteiger partial charge on any atom is -0.494 e. The summed E-state index contributed by atoms with van der Waals surface area (Å²) in [5.41, 5.74) is 1.71. The van der Waals surface area contributed by atoms with Crippen LogP contribution in [0.3, 0.4) is 0 Å². The van der Waals surface area contributed by atoms with Crippen molar-refractivity contribution in [2.24, 2.45) is 0 Å². The minimum atomic E-state index is -0.273. The van der Waals surface area contributed by atoms with E-state index >= 15 is 0 Å². The summed E-state index contributed by atoms with van der Waals surface area (Å²) in [6.07, 6.45) is 2.95. The van der Waals surface area contributed by atoms with E-state index in [9.17, 15) is 4.79 Å². The van der Waals surface area contributed by atoms with Crippen LogP contribution in [0.25, 0.3) is 5.69 Å². The van der Waals surface area contributed by atoms with Crippen molar-refractivity contribution in [2.75, 3.05) is 38.7 Å². The molecule has 4 rings (SSSR count). The number of nitrogens with zero attached hydrogens (tertiary/aromatic N) is 5. The zero-order valence-electron chi connectivity index (χ0n) is 15.4. The first-order valence-corrected chi connectivity index (χ1v) is 8.83. The van der Waals surface area contributed by atoms with Crippen LogP contribution in [0, 0.1) is 0 Å². The van der Waals surface area contributed by atoms with E-state index in [2.05, 4.69) is 25.7 Å². The molecule has 0 spiro atoms. The molecule has 1 aromatic carbocycles. The number of morpholine rings is 1. The molecule has 1 N–H and O–H groups in total. The number of carbonyl (C=O) groups is 1. The molecule has 1 saturated heterocycles. The Morgan fingerprint density at radius 1 is 1.29 bits per heavy atom. The predicted molar refractivity (Wildman–Crippen MR) is 98.5 cm³/mol. The molecule has 2 aromatic heterocycles. The van der Waals surface area contributed by atoms with Gasteiger partial charge in [0.15, 0.2) is 0 Å². The van der Waals surface area contributed by atoms with Crippen molar-refractivity contribution >= 4 is 11.6 Å². The maximum Gasteiger partial charge on any atom is 0.259 e. The largest absolute Gasteiger partial charge is 0.494 e. The van der Waals surface area contributed by atoms with Crippen LogP contribution in [0.4, 0.5) is 5.69 Å². The first-order chi connectivity index (χ1) is 13.7. The number of amides is 1. The average molecular weight is 384 g/mol. The topological polar surface area (TPSA) is 108 Å². The number of hydrogen-bond donors (Lipinski definition) is 1. The van der Waals surface area contributed by atoms with Crippen LogP contribution in [-0.4, -0.2) is 64.4 Å². The number of benzene rings is 1. The van der Waals surface area contributed by atoms with E-state index in [1.54, 1.807) is 24.3 Å². The van der Waals surface area contributed by atoms with E-state index in [0.29, 0.717) is 36.8 Å². The van der Waals surface area contributed by atoms with Crippen LogP contribution >= 0.6 is 0 Å². The van der Waals surface area contributed by atoms with Gasteiger partial charge in [-0.1, -0.05) is 0 Å². The molecule has 0 unspecified atom stereocenters. The maximum absolute atomic E-state index is 12.6. The van der Waals surface area contributed by atoms with Gasteiger partial charge in [-0.2, -0.15) is 0 Å². The molecular formula is C18H20N6O4. The molecule has 0 aliphatic carbocycles. The van der Waals surface area contributed by atoms with E-state index in [-0.39, 0.29) is 5.91 Å². The Morgan fingerprint density at radius 3 is 2.89 bits per heavy atom. The third-order valence-corrected chi connectivity index (χ3v) is 4.45. The third-order valence-electron chi connectivity index (χ3n) is 4.45. The number of carbonyl (C=O) groups excluding carboxylic acids is 1. The molecule has 0 atom stereocenters. The SMILES string of the molecule is COc1cc(-n2cnnn2)ccc1NC(=O)c1coc(CN2CCOCC2)c1. The van der Waals surface area contributed by atoms with Gasteiger partial charge < -0.3 is 19.2 Å². The highest BCUT2D eigenvalue weighted by molar-refractivity contribution is 6.05. The quantitative estimate of drug-likeness (QED) is 0.679. The van der Waals surface area contributed by atoms with Gasteiger partial charge in [-0.25, -0.2) is 4.68 Å². The van der Waals surface area contributed by atoms with Crippen LogP contribution in [-0.2, 0) is 11.3 Å². The zero-order valence-corrected chi connectivity index (χ0v) is 15.4. The van der Waals surface area contributed by atoms with E-state index < -0.39 is 0 Å². The fourth-order valence-corrected chi connectivity index (χ4v) is 2.96. The highest BCUT2D eigenvalue weighted by Crippen LogP contribution is 2.27. The van der Waals surface area contributed by atoms with Crippen LogP contribution in [0.15, 0.2) is 41.3 Å². The van der Waals surface area contributed by atoms with Crippen molar-refractivity contribution in [2.45, 2.75) is 6.54 Å². The van der Waals surface area contributed by atoms with Crippen molar-refractivity contribution < 1.29 is 18.7 Å². The molecule has 0 saturated carbocycles. The van der Waals surface area contributed by atoms with Crippen molar-refractivity contribution in [1.82, 2.24) is 25.1 Å². The number of aromatic nitrogens is 4. The fraction of sp³-hybridized carbons (Fsp3) is 0.333. The molecule has 0 radical (unpaired) electrons. The van der Waals surface area contributed by atoms with Gasteiger partial charge in [0.2, 0.25) is 0 Å². The Balaban J connectivity index is 1.44. The Kier molecular flexibility index (Phi) is 5.31. The summed E-state index contributed by atoms with van der Waals surface area (Å²) in [5.74, 6) is 0.969. The number of rotatable bonds is 6. The molecule has 10 nitrogen and oxygen atoms in total. The standard InChI is InChI=1S/C18H20N6O4/c1-26-17-9-14(24-12-19-21-22-24)2-3-16(17)20-18(25)13-8-15(28-11-13)10-23-4-6-27-7-5-23/h2-3,8-9,11-12H,4-7,10H2,1H3,(H,20,25). The molecule has 1 aliphatic rings. The molecule has 146 valence electrons. The minimum absolute atomic E-state index is 0.273. The van der Waals surface area contributed by atoms with Crippen LogP contribution < -0.4 is 10.1 Å². The Morgan fingerprint density at radius 2 is 2.14 bits per heavy atom. The lowest BCUT2D eigenvalue weighted by molar-refractivity contribution is 0.0313.